The van der Waals surface area contributed by atoms with Crippen LogP contribution in [-0.4, -0.2) is 11.4 Å². The number of benzene rings is 2. The second-order valence-electron chi connectivity index (χ2n) is 11.2. The summed E-state index contributed by atoms with van der Waals surface area (Å²) < 4.78 is 0. The molecular formula is C38H38N4Zn. The summed E-state index contributed by atoms with van der Waals surface area (Å²) in [6.07, 6.45) is 4.26. The third kappa shape index (κ3) is 6.95. The monoisotopic (exact) mass is 614 g/mol. The van der Waals surface area contributed by atoms with Gasteiger partial charge in [0, 0.05) is 11.4 Å². The van der Waals surface area contributed by atoms with E-state index in [1.165, 1.54) is 33.4 Å². The van der Waals surface area contributed by atoms with Gasteiger partial charge in [0.15, 0.2) is 0 Å². The van der Waals surface area contributed by atoms with Crippen LogP contribution in [0, 0.1) is 27.7 Å². The van der Waals surface area contributed by atoms with Crippen molar-refractivity contribution in [2.75, 3.05) is 0 Å². The van der Waals surface area contributed by atoms with E-state index in [2.05, 4.69) is 101 Å². The Balaban J connectivity index is 0.000000192. The number of aromatic nitrogens is 2. The van der Waals surface area contributed by atoms with E-state index < -0.39 is 0 Å². The van der Waals surface area contributed by atoms with Gasteiger partial charge in [-0.05, 0) is 87.1 Å². The molecule has 2 aliphatic heterocycles. The van der Waals surface area contributed by atoms with Crippen LogP contribution in [0.1, 0.15) is 72.7 Å². The van der Waals surface area contributed by atoms with Gasteiger partial charge >= 0.3 is 19.5 Å². The normalized spacial score (nSPS) is 16.4. The fourth-order valence-electron chi connectivity index (χ4n) is 5.71. The maximum Gasteiger partial charge on any atom is 2.00 e. The molecule has 6 rings (SSSR count). The van der Waals surface area contributed by atoms with Gasteiger partial charge in [0.1, 0.15) is 0 Å². The van der Waals surface area contributed by atoms with Crippen molar-refractivity contribution in [1.29, 1.82) is 0 Å². The molecule has 0 atom stereocenters. The summed E-state index contributed by atoms with van der Waals surface area (Å²) in [5.41, 5.74) is 17.8. The van der Waals surface area contributed by atoms with Crippen molar-refractivity contribution in [3.63, 3.8) is 0 Å². The Morgan fingerprint density at radius 3 is 1.12 bits per heavy atom. The van der Waals surface area contributed by atoms with Crippen LogP contribution < -0.4 is 9.97 Å². The van der Waals surface area contributed by atoms with Gasteiger partial charge in [0.05, 0.1) is 11.4 Å². The first-order valence-corrected chi connectivity index (χ1v) is 14.4. The number of aryl methyl sites for hydroxylation is 4. The number of nitrogens with zero attached hydrogens (tertiary/aromatic N) is 4. The first-order valence-electron chi connectivity index (χ1n) is 14.4. The molecule has 0 unspecified atom stereocenters. The summed E-state index contributed by atoms with van der Waals surface area (Å²) in [6, 6.07) is 25.1. The van der Waals surface area contributed by atoms with E-state index in [4.69, 9.17) is 20.0 Å². The Labute approximate surface area is 268 Å². The van der Waals surface area contributed by atoms with E-state index in [0.717, 1.165) is 56.7 Å². The van der Waals surface area contributed by atoms with Gasteiger partial charge in [0.2, 0.25) is 0 Å². The second kappa shape index (κ2) is 13.5. The summed E-state index contributed by atoms with van der Waals surface area (Å²) in [6.45, 7) is 16.6. The van der Waals surface area contributed by atoms with Gasteiger partial charge < -0.3 is 9.97 Å². The van der Waals surface area contributed by atoms with Crippen LogP contribution in [0.4, 0.5) is 0 Å². The molecule has 2 aliphatic rings. The number of hydrogen-bond donors (Lipinski definition) is 0. The van der Waals surface area contributed by atoms with E-state index in [1.54, 1.807) is 0 Å². The molecule has 0 spiro atoms. The Hall–Kier alpha value is -4.08. The molecule has 4 aromatic rings. The first kappa shape index (κ1) is 31.9. The van der Waals surface area contributed by atoms with Crippen molar-refractivity contribution in [1.82, 2.24) is 9.97 Å². The van der Waals surface area contributed by atoms with Gasteiger partial charge in [-0.25, -0.2) is 0 Å². The molecule has 4 heterocycles. The van der Waals surface area contributed by atoms with Gasteiger partial charge in [-0.2, -0.15) is 11.4 Å². The molecule has 4 nitrogen and oxygen atoms in total. The van der Waals surface area contributed by atoms with Crippen LogP contribution in [-0.2, 0) is 19.5 Å². The van der Waals surface area contributed by atoms with Crippen molar-refractivity contribution in [3.8, 4) is 0 Å². The average molecular weight is 616 g/mol. The van der Waals surface area contributed by atoms with E-state index in [0.29, 0.717) is 0 Å². The molecule has 212 valence electrons. The number of aliphatic imine (C=N–C) groups is 2. The van der Waals surface area contributed by atoms with Gasteiger partial charge in [-0.1, -0.05) is 97.8 Å². The van der Waals surface area contributed by atoms with Gasteiger partial charge in [-0.3, -0.25) is 9.98 Å². The van der Waals surface area contributed by atoms with Crippen molar-refractivity contribution in [2.24, 2.45) is 9.98 Å². The molecule has 0 N–H and O–H groups in total. The summed E-state index contributed by atoms with van der Waals surface area (Å²) in [7, 11) is 0. The minimum Gasteiger partial charge on any atom is -0.661 e. The maximum absolute atomic E-state index is 4.74. The molecule has 0 bridgehead atoms. The molecule has 0 saturated heterocycles. The molecule has 0 saturated carbocycles. The predicted octanol–water partition coefficient (Wildman–Crippen LogP) is 8.88. The van der Waals surface area contributed by atoms with E-state index in [-0.39, 0.29) is 19.5 Å². The zero-order chi connectivity index (χ0) is 30.0. The Morgan fingerprint density at radius 2 is 0.860 bits per heavy atom. The summed E-state index contributed by atoms with van der Waals surface area (Å²) in [5.74, 6) is 0. The van der Waals surface area contributed by atoms with Crippen LogP contribution in [0.15, 0.2) is 117 Å². The minimum absolute atomic E-state index is 0. The molecule has 0 radical (unpaired) electrons. The summed E-state index contributed by atoms with van der Waals surface area (Å²) >= 11 is 0. The smallest absolute Gasteiger partial charge is 0.661 e. The van der Waals surface area contributed by atoms with Crippen LogP contribution in [0.25, 0.3) is 11.1 Å². The van der Waals surface area contributed by atoms with E-state index >= 15 is 0 Å². The quantitative estimate of drug-likeness (QED) is 0.215. The zero-order valence-corrected chi connectivity index (χ0v) is 29.5. The number of rotatable bonds is 4. The third-order valence-corrected chi connectivity index (χ3v) is 7.42. The Kier molecular flexibility index (Phi) is 9.99. The van der Waals surface area contributed by atoms with Crippen LogP contribution in [0.5, 0.6) is 0 Å². The fourth-order valence-corrected chi connectivity index (χ4v) is 5.71. The van der Waals surface area contributed by atoms with Crippen molar-refractivity contribution in [3.05, 3.63) is 153 Å². The average Bonchev–Trinajstić information content (AvgIpc) is 3.67. The van der Waals surface area contributed by atoms with Crippen molar-refractivity contribution < 1.29 is 19.5 Å². The third-order valence-electron chi connectivity index (χ3n) is 7.42. The van der Waals surface area contributed by atoms with Crippen molar-refractivity contribution >= 4 is 22.6 Å². The maximum atomic E-state index is 4.74. The topological polar surface area (TPSA) is 52.9 Å². The number of allylic oxidation sites excluding steroid dienone is 4. The summed E-state index contributed by atoms with van der Waals surface area (Å²) in [5, 5.41) is 0. The van der Waals surface area contributed by atoms with Crippen LogP contribution in [0.2, 0.25) is 0 Å². The zero-order valence-electron chi connectivity index (χ0n) is 26.6. The van der Waals surface area contributed by atoms with Gasteiger partial charge in [0.25, 0.3) is 0 Å². The Bertz CT molecular complexity index is 1680. The molecule has 5 heteroatoms. The molecule has 0 amide bonds. The molecule has 2 aromatic heterocycles. The molecule has 43 heavy (non-hydrogen) atoms. The molecule has 0 fully saturated rings. The Morgan fingerprint density at radius 1 is 0.512 bits per heavy atom. The van der Waals surface area contributed by atoms with Crippen LogP contribution >= 0.6 is 0 Å². The molecule has 0 aliphatic carbocycles. The SMILES string of the molecule is CC1=CC(C)=N/C1=C(/c1ccccc1)c1[n-]c(C)cc1C.CC1=CC(C)=N/C1=C(/c1ccccc1)c1[n-]c(C)cc1C.[Zn+2]. The number of hydrogen-bond acceptors (Lipinski definition) is 2. The summed E-state index contributed by atoms with van der Waals surface area (Å²) in [4.78, 5) is 18.9. The first-order chi connectivity index (χ1) is 20.1. The van der Waals surface area contributed by atoms with Crippen LogP contribution in [0.3, 0.4) is 0 Å². The molecular weight excluding hydrogens is 578 g/mol. The largest absolute Gasteiger partial charge is 2.00 e. The fraction of sp³-hybridized carbons (Fsp3) is 0.211. The predicted molar refractivity (Wildman–Crippen MR) is 177 cm³/mol. The second-order valence-corrected chi connectivity index (χ2v) is 11.2. The standard InChI is InChI=1S/2C19H19N2.Zn/c2*1-12-10-14(3)20-18(12)17(16-8-6-5-7-9-16)19-13(2)11-15(4)21-19;/h2*5-11H,1-4H3;/q2*-1;+2/b2*18-17-;. The van der Waals surface area contributed by atoms with Gasteiger partial charge in [-0.15, -0.1) is 11.4 Å². The molecule has 2 aromatic carbocycles. The van der Waals surface area contributed by atoms with Crippen molar-refractivity contribution in [2.45, 2.75) is 55.4 Å². The minimum atomic E-state index is 0. The van der Waals surface area contributed by atoms with E-state index in [1.807, 2.05) is 39.8 Å². The van der Waals surface area contributed by atoms with E-state index in [9.17, 15) is 0 Å².